The lowest BCUT2D eigenvalue weighted by atomic mass is 10.1. The Morgan fingerprint density at radius 2 is 1.96 bits per heavy atom. The molecule has 0 aliphatic carbocycles. The first-order valence-electron chi connectivity index (χ1n) is 8.55. The van der Waals surface area contributed by atoms with Crippen molar-refractivity contribution >= 4 is 40.8 Å². The molecule has 1 heterocycles. The smallest absolute Gasteiger partial charge is 0.191 e. The van der Waals surface area contributed by atoms with Gasteiger partial charge >= 0.3 is 0 Å². The van der Waals surface area contributed by atoms with Gasteiger partial charge in [0.15, 0.2) is 5.96 Å². The predicted molar refractivity (Wildman–Crippen MR) is 114 cm³/mol. The summed E-state index contributed by atoms with van der Waals surface area (Å²) in [5, 5.41) is 7.88. The van der Waals surface area contributed by atoms with Crippen LogP contribution in [0.3, 0.4) is 0 Å². The molecule has 0 aliphatic rings. The van der Waals surface area contributed by atoms with Crippen molar-refractivity contribution in [3.8, 4) is 0 Å². The number of nitrogens with one attached hydrogen (secondary N) is 2. The first-order valence-corrected chi connectivity index (χ1v) is 8.55. The van der Waals surface area contributed by atoms with Crippen LogP contribution in [0.4, 0.5) is 0 Å². The van der Waals surface area contributed by atoms with Crippen molar-refractivity contribution in [2.24, 2.45) is 10.9 Å². The van der Waals surface area contributed by atoms with Crippen molar-refractivity contribution in [1.29, 1.82) is 0 Å². The van der Waals surface area contributed by atoms with Crippen LogP contribution in [-0.2, 0) is 6.54 Å². The van der Waals surface area contributed by atoms with E-state index in [0.29, 0.717) is 6.54 Å². The van der Waals surface area contributed by atoms with Crippen LogP contribution in [0, 0.1) is 5.92 Å². The van der Waals surface area contributed by atoms with Gasteiger partial charge in [0, 0.05) is 24.7 Å². The average Bonchev–Trinajstić information content (AvgIpc) is 2.56. The molecule has 0 spiro atoms. The maximum absolute atomic E-state index is 4.70. The summed E-state index contributed by atoms with van der Waals surface area (Å²) in [6.07, 6.45) is 4.24. The fraction of sp³-hybridized carbons (Fsp3) is 0.474. The number of halogens is 1. The fourth-order valence-corrected chi connectivity index (χ4v) is 2.52. The molecule has 0 radical (unpaired) electrons. The number of nitrogens with zero attached hydrogens (tertiary/aromatic N) is 2. The van der Waals surface area contributed by atoms with Gasteiger partial charge in [0.1, 0.15) is 0 Å². The van der Waals surface area contributed by atoms with E-state index in [4.69, 9.17) is 4.99 Å². The molecular formula is C19H29IN4. The van der Waals surface area contributed by atoms with Gasteiger partial charge in [0.2, 0.25) is 0 Å². The highest BCUT2D eigenvalue weighted by molar-refractivity contribution is 14.0. The van der Waals surface area contributed by atoms with Gasteiger partial charge in [0.05, 0.1) is 12.1 Å². The Kier molecular flexibility index (Phi) is 9.67. The summed E-state index contributed by atoms with van der Waals surface area (Å²) in [6.45, 7) is 9.06. The number of aliphatic imine (C=N–C) groups is 1. The van der Waals surface area contributed by atoms with Crippen LogP contribution < -0.4 is 10.6 Å². The molecule has 4 nitrogen and oxygen atoms in total. The first-order chi connectivity index (χ1) is 11.2. The first kappa shape index (κ1) is 20.7. The Balaban J connectivity index is 0.00000288. The lowest BCUT2D eigenvalue weighted by Gasteiger charge is -2.12. The van der Waals surface area contributed by atoms with Gasteiger partial charge in [-0.3, -0.25) is 4.98 Å². The fourth-order valence-electron chi connectivity index (χ4n) is 2.52. The standard InChI is InChI=1S/C19H28N4.HI/c1-4-20-19(22-13-6-8-15(2)3)23-14-17-10-5-9-16-11-7-12-21-18(16)17;/h5,7,9-12,15H,4,6,8,13-14H2,1-3H3,(H2,20,22,23);1H. The highest BCUT2D eigenvalue weighted by atomic mass is 127. The van der Waals surface area contributed by atoms with Crippen LogP contribution in [0.5, 0.6) is 0 Å². The number of benzene rings is 1. The van der Waals surface area contributed by atoms with Crippen molar-refractivity contribution in [2.45, 2.75) is 40.2 Å². The van der Waals surface area contributed by atoms with Gasteiger partial charge in [-0.15, -0.1) is 24.0 Å². The second-order valence-corrected chi connectivity index (χ2v) is 6.15. The Hall–Kier alpha value is -1.37. The molecule has 5 heteroatoms. The average molecular weight is 440 g/mol. The molecule has 0 unspecified atom stereocenters. The molecule has 132 valence electrons. The molecule has 0 fully saturated rings. The molecule has 0 amide bonds. The van der Waals surface area contributed by atoms with Gasteiger partial charge in [-0.2, -0.15) is 0 Å². The molecular weight excluding hydrogens is 411 g/mol. The lowest BCUT2D eigenvalue weighted by Crippen LogP contribution is -2.37. The topological polar surface area (TPSA) is 49.3 Å². The molecule has 0 saturated carbocycles. The monoisotopic (exact) mass is 440 g/mol. The van der Waals surface area contributed by atoms with Crippen LogP contribution >= 0.6 is 24.0 Å². The molecule has 24 heavy (non-hydrogen) atoms. The summed E-state index contributed by atoms with van der Waals surface area (Å²) in [6, 6.07) is 10.3. The van der Waals surface area contributed by atoms with Crippen molar-refractivity contribution in [2.75, 3.05) is 13.1 Å². The van der Waals surface area contributed by atoms with E-state index in [-0.39, 0.29) is 24.0 Å². The molecule has 0 bridgehead atoms. The zero-order valence-electron chi connectivity index (χ0n) is 14.9. The molecule has 2 rings (SSSR count). The summed E-state index contributed by atoms with van der Waals surface area (Å²) in [7, 11) is 0. The van der Waals surface area contributed by atoms with E-state index in [2.05, 4.69) is 60.7 Å². The lowest BCUT2D eigenvalue weighted by molar-refractivity contribution is 0.549. The van der Waals surface area contributed by atoms with Crippen molar-refractivity contribution in [3.05, 3.63) is 42.1 Å². The Bertz CT molecular complexity index is 635. The van der Waals surface area contributed by atoms with E-state index >= 15 is 0 Å². The van der Waals surface area contributed by atoms with E-state index in [1.165, 1.54) is 6.42 Å². The van der Waals surface area contributed by atoms with Gasteiger partial charge in [0.25, 0.3) is 0 Å². The summed E-state index contributed by atoms with van der Waals surface area (Å²) < 4.78 is 0. The summed E-state index contributed by atoms with van der Waals surface area (Å²) in [5.41, 5.74) is 2.19. The normalized spacial score (nSPS) is 11.4. The van der Waals surface area contributed by atoms with Crippen molar-refractivity contribution in [3.63, 3.8) is 0 Å². The maximum atomic E-state index is 4.70. The molecule has 0 atom stereocenters. The van der Waals surface area contributed by atoms with Crippen molar-refractivity contribution in [1.82, 2.24) is 15.6 Å². The number of hydrogen-bond acceptors (Lipinski definition) is 2. The Morgan fingerprint density at radius 3 is 2.71 bits per heavy atom. The molecule has 0 saturated heterocycles. The third-order valence-corrected chi connectivity index (χ3v) is 3.72. The quantitative estimate of drug-likeness (QED) is 0.292. The number of hydrogen-bond donors (Lipinski definition) is 2. The predicted octanol–water partition coefficient (Wildman–Crippen LogP) is 4.34. The van der Waals surface area contributed by atoms with Crippen LogP contribution in [0.2, 0.25) is 0 Å². The van der Waals surface area contributed by atoms with Crippen LogP contribution in [0.25, 0.3) is 10.9 Å². The summed E-state index contributed by atoms with van der Waals surface area (Å²) in [5.74, 6) is 1.63. The van der Waals surface area contributed by atoms with Crippen LogP contribution in [0.15, 0.2) is 41.5 Å². The molecule has 1 aromatic carbocycles. The molecule has 1 aromatic heterocycles. The maximum Gasteiger partial charge on any atom is 0.191 e. The number of rotatable bonds is 7. The molecule has 2 aromatic rings. The number of fused-ring (bicyclic) bond motifs is 1. The number of aromatic nitrogens is 1. The van der Waals surface area contributed by atoms with Crippen LogP contribution in [0.1, 0.15) is 39.2 Å². The zero-order valence-corrected chi connectivity index (χ0v) is 17.2. The summed E-state index contributed by atoms with van der Waals surface area (Å²) in [4.78, 5) is 9.19. The van der Waals surface area contributed by atoms with E-state index in [1.807, 2.05) is 12.3 Å². The largest absolute Gasteiger partial charge is 0.357 e. The Morgan fingerprint density at radius 1 is 1.17 bits per heavy atom. The zero-order chi connectivity index (χ0) is 16.5. The van der Waals surface area contributed by atoms with E-state index in [1.54, 1.807) is 0 Å². The number of para-hydroxylation sites is 1. The number of guanidine groups is 1. The third kappa shape index (κ3) is 6.63. The highest BCUT2D eigenvalue weighted by Crippen LogP contribution is 2.16. The third-order valence-electron chi connectivity index (χ3n) is 3.72. The van der Waals surface area contributed by atoms with Gasteiger partial charge < -0.3 is 10.6 Å². The van der Waals surface area contributed by atoms with Gasteiger partial charge in [-0.1, -0.05) is 38.1 Å². The van der Waals surface area contributed by atoms with E-state index in [0.717, 1.165) is 47.9 Å². The van der Waals surface area contributed by atoms with Gasteiger partial charge in [-0.25, -0.2) is 4.99 Å². The highest BCUT2D eigenvalue weighted by Gasteiger charge is 2.02. The minimum atomic E-state index is 0. The second kappa shape index (κ2) is 11.2. The molecule has 0 aliphatic heterocycles. The van der Waals surface area contributed by atoms with Gasteiger partial charge in [-0.05, 0) is 37.3 Å². The SMILES string of the molecule is CCNC(=NCc1cccc2cccnc12)NCCCC(C)C.I. The summed E-state index contributed by atoms with van der Waals surface area (Å²) >= 11 is 0. The number of pyridine rings is 1. The second-order valence-electron chi connectivity index (χ2n) is 6.15. The van der Waals surface area contributed by atoms with E-state index in [9.17, 15) is 0 Å². The minimum Gasteiger partial charge on any atom is -0.357 e. The van der Waals surface area contributed by atoms with Crippen LogP contribution in [-0.4, -0.2) is 24.0 Å². The minimum absolute atomic E-state index is 0. The Labute approximate surface area is 162 Å². The molecule has 2 N–H and O–H groups in total. The van der Waals surface area contributed by atoms with Crippen molar-refractivity contribution < 1.29 is 0 Å². The van der Waals surface area contributed by atoms with E-state index < -0.39 is 0 Å².